The molecule has 0 fully saturated rings. The highest BCUT2D eigenvalue weighted by molar-refractivity contribution is 5.99. The van der Waals surface area contributed by atoms with Crippen LogP contribution in [0.1, 0.15) is 16.1 Å². The number of aromatic nitrogens is 2. The van der Waals surface area contributed by atoms with Crippen molar-refractivity contribution in [3.8, 4) is 0 Å². The smallest absolute Gasteiger partial charge is 0.253 e. The summed E-state index contributed by atoms with van der Waals surface area (Å²) in [7, 11) is 1.57. The van der Waals surface area contributed by atoms with Gasteiger partial charge in [-0.25, -0.2) is 9.37 Å². The Morgan fingerprint density at radius 3 is 3.00 bits per heavy atom. The Bertz CT molecular complexity index is 539. The van der Waals surface area contributed by atoms with E-state index in [4.69, 9.17) is 0 Å². The first-order chi connectivity index (χ1) is 8.72. The molecule has 2 aromatic rings. The fourth-order valence-corrected chi connectivity index (χ4v) is 1.62. The highest BCUT2D eigenvalue weighted by Gasteiger charge is 2.13. The second-order valence-corrected chi connectivity index (χ2v) is 3.67. The van der Waals surface area contributed by atoms with Crippen LogP contribution in [0.4, 0.5) is 10.1 Å². The molecule has 5 nitrogen and oxygen atoms in total. The Labute approximate surface area is 103 Å². The number of aromatic amines is 1. The fraction of sp³-hybridized carbons (Fsp3) is 0.167. The van der Waals surface area contributed by atoms with Crippen LogP contribution < -0.4 is 10.6 Å². The van der Waals surface area contributed by atoms with Crippen molar-refractivity contribution in [3.05, 3.63) is 47.8 Å². The predicted molar refractivity (Wildman–Crippen MR) is 65.7 cm³/mol. The summed E-state index contributed by atoms with van der Waals surface area (Å²) in [6.07, 6.45) is 3.15. The normalized spacial score (nSPS) is 10.1. The predicted octanol–water partition coefficient (Wildman–Crippen LogP) is 1.52. The topological polar surface area (TPSA) is 69.8 Å². The van der Waals surface area contributed by atoms with Gasteiger partial charge in [-0.15, -0.1) is 0 Å². The largest absolute Gasteiger partial charge is 0.385 e. The van der Waals surface area contributed by atoms with Gasteiger partial charge in [-0.2, -0.15) is 0 Å². The molecule has 1 aromatic carbocycles. The Morgan fingerprint density at radius 1 is 1.50 bits per heavy atom. The van der Waals surface area contributed by atoms with Crippen molar-refractivity contribution in [2.75, 3.05) is 12.4 Å². The number of nitrogens with one attached hydrogen (secondary N) is 3. The van der Waals surface area contributed by atoms with E-state index in [0.29, 0.717) is 6.54 Å². The van der Waals surface area contributed by atoms with Gasteiger partial charge in [0.05, 0.1) is 29.8 Å². The van der Waals surface area contributed by atoms with Gasteiger partial charge in [0.2, 0.25) is 0 Å². The van der Waals surface area contributed by atoms with Gasteiger partial charge in [-0.1, -0.05) is 6.07 Å². The average molecular weight is 248 g/mol. The number of carbonyl (C=O) groups excluding carboxylic acids is 1. The van der Waals surface area contributed by atoms with Gasteiger partial charge >= 0.3 is 0 Å². The molecule has 0 atom stereocenters. The van der Waals surface area contributed by atoms with Crippen molar-refractivity contribution in [2.24, 2.45) is 0 Å². The second kappa shape index (κ2) is 5.31. The zero-order valence-corrected chi connectivity index (χ0v) is 9.83. The zero-order chi connectivity index (χ0) is 13.0. The summed E-state index contributed by atoms with van der Waals surface area (Å²) < 4.78 is 13.5. The van der Waals surface area contributed by atoms with Crippen molar-refractivity contribution in [3.63, 3.8) is 0 Å². The summed E-state index contributed by atoms with van der Waals surface area (Å²) in [5, 5.41) is 5.37. The van der Waals surface area contributed by atoms with Crippen LogP contribution in [0, 0.1) is 5.82 Å². The van der Waals surface area contributed by atoms with Crippen LogP contribution >= 0.6 is 0 Å². The van der Waals surface area contributed by atoms with Crippen LogP contribution in [0.25, 0.3) is 0 Å². The van der Waals surface area contributed by atoms with Crippen molar-refractivity contribution in [1.29, 1.82) is 0 Å². The first kappa shape index (κ1) is 12.1. The minimum Gasteiger partial charge on any atom is -0.385 e. The van der Waals surface area contributed by atoms with Gasteiger partial charge in [0, 0.05) is 13.2 Å². The summed E-state index contributed by atoms with van der Waals surface area (Å²) in [5.41, 5.74) is 1.25. The monoisotopic (exact) mass is 248 g/mol. The molecule has 3 N–H and O–H groups in total. The first-order valence-electron chi connectivity index (χ1n) is 5.44. The second-order valence-electron chi connectivity index (χ2n) is 3.67. The van der Waals surface area contributed by atoms with E-state index in [1.165, 1.54) is 18.5 Å². The lowest BCUT2D eigenvalue weighted by molar-refractivity contribution is 0.0951. The Balaban J connectivity index is 2.11. The number of carbonyl (C=O) groups is 1. The number of halogens is 1. The van der Waals surface area contributed by atoms with Crippen LogP contribution in [0.2, 0.25) is 0 Å². The summed E-state index contributed by atoms with van der Waals surface area (Å²) >= 11 is 0. The summed E-state index contributed by atoms with van der Waals surface area (Å²) in [6.45, 7) is 0.318. The maximum atomic E-state index is 13.5. The third-order valence-electron chi connectivity index (χ3n) is 2.50. The van der Waals surface area contributed by atoms with Crippen molar-refractivity contribution in [1.82, 2.24) is 15.3 Å². The molecule has 0 saturated heterocycles. The number of hydrogen-bond acceptors (Lipinski definition) is 3. The highest BCUT2D eigenvalue weighted by Crippen LogP contribution is 2.18. The number of anilines is 1. The lowest BCUT2D eigenvalue weighted by atomic mass is 10.1. The summed E-state index contributed by atoms with van der Waals surface area (Å²) in [6, 6.07) is 4.37. The molecule has 1 heterocycles. The van der Waals surface area contributed by atoms with Crippen LogP contribution in [-0.2, 0) is 6.54 Å². The Kier molecular flexibility index (Phi) is 3.57. The van der Waals surface area contributed by atoms with Gasteiger partial charge in [-0.05, 0) is 12.1 Å². The standard InChI is InChI=1S/C12H13FN4O/c1-14-11-9(3-2-4-10(11)13)12(18)16-6-8-5-15-7-17-8/h2-5,7,14H,6H2,1H3,(H,15,17)(H,16,18). The lowest BCUT2D eigenvalue weighted by Gasteiger charge is -2.09. The average Bonchev–Trinajstić information content (AvgIpc) is 2.88. The van der Waals surface area contributed by atoms with E-state index in [9.17, 15) is 9.18 Å². The quantitative estimate of drug-likeness (QED) is 0.768. The van der Waals surface area contributed by atoms with Gasteiger partial charge in [0.1, 0.15) is 5.82 Å². The molecule has 6 heteroatoms. The van der Waals surface area contributed by atoms with Gasteiger partial charge in [0.15, 0.2) is 0 Å². The van der Waals surface area contributed by atoms with E-state index >= 15 is 0 Å². The van der Waals surface area contributed by atoms with Crippen LogP contribution in [0.15, 0.2) is 30.7 Å². The van der Waals surface area contributed by atoms with E-state index < -0.39 is 5.82 Å². The molecule has 0 bridgehead atoms. The Hall–Kier alpha value is -2.37. The molecule has 94 valence electrons. The third kappa shape index (κ3) is 2.48. The molecule has 0 radical (unpaired) electrons. The van der Waals surface area contributed by atoms with E-state index in [2.05, 4.69) is 20.6 Å². The van der Waals surface area contributed by atoms with Gasteiger partial charge < -0.3 is 15.6 Å². The van der Waals surface area contributed by atoms with Crippen molar-refractivity contribution < 1.29 is 9.18 Å². The highest BCUT2D eigenvalue weighted by atomic mass is 19.1. The van der Waals surface area contributed by atoms with Crippen LogP contribution in [0.5, 0.6) is 0 Å². The molecule has 0 aliphatic heterocycles. The number of H-pyrrole nitrogens is 1. The van der Waals surface area contributed by atoms with E-state index in [1.54, 1.807) is 19.3 Å². The summed E-state index contributed by atoms with van der Waals surface area (Å²) in [4.78, 5) is 18.6. The molecule has 0 aliphatic carbocycles. The molecule has 0 aliphatic rings. The van der Waals surface area contributed by atoms with E-state index in [-0.39, 0.29) is 17.2 Å². The van der Waals surface area contributed by atoms with E-state index in [0.717, 1.165) is 5.69 Å². The maximum absolute atomic E-state index is 13.5. The third-order valence-corrected chi connectivity index (χ3v) is 2.50. The SMILES string of the molecule is CNc1c(F)cccc1C(=O)NCc1cnc[nH]1. The molecule has 2 rings (SSSR count). The zero-order valence-electron chi connectivity index (χ0n) is 9.83. The number of benzene rings is 1. The number of imidazole rings is 1. The molecule has 1 amide bonds. The van der Waals surface area contributed by atoms with Gasteiger partial charge in [-0.3, -0.25) is 4.79 Å². The number of rotatable bonds is 4. The Morgan fingerprint density at radius 2 is 2.33 bits per heavy atom. The number of para-hydroxylation sites is 1. The number of amides is 1. The van der Waals surface area contributed by atoms with Crippen LogP contribution in [0.3, 0.4) is 0 Å². The molecular weight excluding hydrogens is 235 g/mol. The molecule has 1 aromatic heterocycles. The molecular formula is C12H13FN4O. The molecule has 18 heavy (non-hydrogen) atoms. The molecule has 0 saturated carbocycles. The maximum Gasteiger partial charge on any atom is 0.253 e. The minimum atomic E-state index is -0.452. The molecule has 0 unspecified atom stereocenters. The lowest BCUT2D eigenvalue weighted by Crippen LogP contribution is -2.24. The number of hydrogen-bond donors (Lipinski definition) is 3. The first-order valence-corrected chi connectivity index (χ1v) is 5.44. The van der Waals surface area contributed by atoms with Crippen LogP contribution in [-0.4, -0.2) is 22.9 Å². The minimum absolute atomic E-state index is 0.194. The molecule has 0 spiro atoms. The fourth-order valence-electron chi connectivity index (χ4n) is 1.62. The van der Waals surface area contributed by atoms with E-state index in [1.807, 2.05) is 0 Å². The summed E-state index contributed by atoms with van der Waals surface area (Å²) in [5.74, 6) is -0.792. The van der Waals surface area contributed by atoms with Gasteiger partial charge in [0.25, 0.3) is 5.91 Å². The number of nitrogens with zero attached hydrogens (tertiary/aromatic N) is 1. The van der Waals surface area contributed by atoms with Crippen molar-refractivity contribution in [2.45, 2.75) is 6.54 Å². The van der Waals surface area contributed by atoms with Crippen molar-refractivity contribution >= 4 is 11.6 Å².